The van der Waals surface area contributed by atoms with Crippen LogP contribution in [0.1, 0.15) is 44.4 Å². The summed E-state index contributed by atoms with van der Waals surface area (Å²) in [7, 11) is -1.81. The van der Waals surface area contributed by atoms with Crippen LogP contribution in [0.15, 0.2) is 34.9 Å². The van der Waals surface area contributed by atoms with Crippen molar-refractivity contribution in [1.82, 2.24) is 18.5 Å². The highest BCUT2D eigenvalue weighted by molar-refractivity contribution is 7.86. The highest BCUT2D eigenvalue weighted by atomic mass is 35.5. The van der Waals surface area contributed by atoms with Gasteiger partial charge in [0.25, 0.3) is 10.2 Å². The first-order chi connectivity index (χ1) is 15.8. The van der Waals surface area contributed by atoms with Crippen molar-refractivity contribution in [3.05, 3.63) is 41.4 Å². The van der Waals surface area contributed by atoms with Gasteiger partial charge in [-0.25, -0.2) is 4.98 Å². The van der Waals surface area contributed by atoms with Crippen LogP contribution in [0.2, 0.25) is 5.02 Å². The predicted octanol–water partition coefficient (Wildman–Crippen LogP) is 3.58. The van der Waals surface area contributed by atoms with Crippen molar-refractivity contribution in [2.75, 3.05) is 33.2 Å². The second kappa shape index (κ2) is 10.5. The summed E-state index contributed by atoms with van der Waals surface area (Å²) in [5, 5.41) is 0.651. The van der Waals surface area contributed by atoms with E-state index in [1.54, 1.807) is 34.6 Å². The SMILES string of the molecule is CN(C1CCCCC1)S(=O)(=O)N1CCN(C(=O)CCc2ncc(-c3ccc(Cl)cc3)o2)CC1. The number of oxazole rings is 1. The van der Waals surface area contributed by atoms with Gasteiger partial charge in [0.2, 0.25) is 5.91 Å². The third kappa shape index (κ3) is 5.77. The molecule has 1 saturated carbocycles. The second-order valence-electron chi connectivity index (χ2n) is 8.72. The molecule has 2 heterocycles. The average Bonchev–Trinajstić information content (AvgIpc) is 3.32. The third-order valence-electron chi connectivity index (χ3n) is 6.61. The summed E-state index contributed by atoms with van der Waals surface area (Å²) < 4.78 is 34.9. The number of halogens is 1. The van der Waals surface area contributed by atoms with Crippen molar-refractivity contribution in [3.8, 4) is 11.3 Å². The Hall–Kier alpha value is -1.94. The number of aryl methyl sites for hydroxylation is 1. The Morgan fingerprint density at radius 3 is 2.45 bits per heavy atom. The maximum atomic E-state index is 13.0. The van der Waals surface area contributed by atoms with Crippen LogP contribution in [0.4, 0.5) is 0 Å². The molecule has 1 aliphatic heterocycles. The van der Waals surface area contributed by atoms with Crippen LogP contribution in [-0.2, 0) is 21.4 Å². The van der Waals surface area contributed by atoms with Gasteiger partial charge in [-0.05, 0) is 37.1 Å². The standard InChI is InChI=1S/C23H31ClN4O4S/c1-26(20-5-3-2-4-6-20)33(30,31)28-15-13-27(14-16-28)23(29)12-11-22-25-17-21(32-22)18-7-9-19(24)10-8-18/h7-10,17,20H,2-6,11-16H2,1H3. The van der Waals surface area contributed by atoms with Crippen LogP contribution in [0, 0.1) is 0 Å². The summed E-state index contributed by atoms with van der Waals surface area (Å²) in [5.74, 6) is 1.12. The molecule has 1 saturated heterocycles. The molecule has 0 atom stereocenters. The number of carbonyl (C=O) groups is 1. The van der Waals surface area contributed by atoms with Gasteiger partial charge in [-0.15, -0.1) is 0 Å². The second-order valence-corrected chi connectivity index (χ2v) is 11.1. The molecule has 8 nitrogen and oxygen atoms in total. The van der Waals surface area contributed by atoms with E-state index in [1.165, 1.54) is 10.7 Å². The van der Waals surface area contributed by atoms with Crippen molar-refractivity contribution in [2.45, 2.75) is 51.0 Å². The number of hydrogen-bond acceptors (Lipinski definition) is 5. The lowest BCUT2D eigenvalue weighted by Gasteiger charge is -2.38. The maximum absolute atomic E-state index is 13.0. The molecular formula is C23H31ClN4O4S. The lowest BCUT2D eigenvalue weighted by Crippen LogP contribution is -2.55. The minimum atomic E-state index is -3.50. The molecule has 1 amide bonds. The quantitative estimate of drug-likeness (QED) is 0.587. The molecule has 2 aliphatic rings. The van der Waals surface area contributed by atoms with Crippen LogP contribution in [0.5, 0.6) is 0 Å². The Morgan fingerprint density at radius 2 is 1.79 bits per heavy atom. The molecule has 0 N–H and O–H groups in total. The number of benzene rings is 1. The number of rotatable bonds is 7. The van der Waals surface area contributed by atoms with E-state index in [-0.39, 0.29) is 18.4 Å². The highest BCUT2D eigenvalue weighted by Gasteiger charge is 2.35. The van der Waals surface area contributed by atoms with Crippen molar-refractivity contribution in [1.29, 1.82) is 0 Å². The molecule has 0 radical (unpaired) electrons. The molecule has 2 aromatic rings. The summed E-state index contributed by atoms with van der Waals surface area (Å²) in [5.41, 5.74) is 0.875. The van der Waals surface area contributed by atoms with E-state index >= 15 is 0 Å². The van der Waals surface area contributed by atoms with Crippen molar-refractivity contribution in [2.24, 2.45) is 0 Å². The third-order valence-corrected chi connectivity index (χ3v) is 8.90. The molecule has 1 aromatic carbocycles. The maximum Gasteiger partial charge on any atom is 0.282 e. The summed E-state index contributed by atoms with van der Waals surface area (Å²) in [4.78, 5) is 18.7. The highest BCUT2D eigenvalue weighted by Crippen LogP contribution is 2.26. The number of hydrogen-bond donors (Lipinski definition) is 0. The number of amides is 1. The van der Waals surface area contributed by atoms with Crippen molar-refractivity contribution in [3.63, 3.8) is 0 Å². The molecule has 0 bridgehead atoms. The number of carbonyl (C=O) groups excluding carboxylic acids is 1. The zero-order valence-electron chi connectivity index (χ0n) is 19.0. The number of piperazine rings is 1. The normalized spacial score (nSPS) is 18.7. The average molecular weight is 495 g/mol. The zero-order valence-corrected chi connectivity index (χ0v) is 20.5. The fraction of sp³-hybridized carbons (Fsp3) is 0.565. The molecule has 4 rings (SSSR count). The van der Waals surface area contributed by atoms with Crippen molar-refractivity contribution >= 4 is 27.7 Å². The fourth-order valence-electron chi connectivity index (χ4n) is 4.53. The van der Waals surface area contributed by atoms with E-state index in [4.69, 9.17) is 16.0 Å². The summed E-state index contributed by atoms with van der Waals surface area (Å²) >= 11 is 5.92. The Balaban J connectivity index is 1.26. The molecular weight excluding hydrogens is 464 g/mol. The molecule has 2 fully saturated rings. The Kier molecular flexibility index (Phi) is 7.73. The van der Waals surface area contributed by atoms with Crippen molar-refractivity contribution < 1.29 is 17.6 Å². The van der Waals surface area contributed by atoms with Crippen LogP contribution >= 0.6 is 11.6 Å². The Labute approximate surface area is 200 Å². The summed E-state index contributed by atoms with van der Waals surface area (Å²) in [6.07, 6.45) is 7.52. The van der Waals surface area contributed by atoms with Gasteiger partial charge >= 0.3 is 0 Å². The first-order valence-electron chi connectivity index (χ1n) is 11.6. The number of aromatic nitrogens is 1. The van der Waals surface area contributed by atoms with Gasteiger partial charge in [0.05, 0.1) is 6.20 Å². The monoisotopic (exact) mass is 494 g/mol. The zero-order chi connectivity index (χ0) is 23.4. The fourth-order valence-corrected chi connectivity index (χ4v) is 6.23. The van der Waals surface area contributed by atoms with Gasteiger partial charge in [-0.3, -0.25) is 4.79 Å². The first kappa shape index (κ1) is 24.2. The van der Waals surface area contributed by atoms with E-state index in [1.807, 2.05) is 12.1 Å². The van der Waals surface area contributed by atoms with Crippen LogP contribution < -0.4 is 0 Å². The molecule has 1 aliphatic carbocycles. The minimum Gasteiger partial charge on any atom is -0.441 e. The van der Waals surface area contributed by atoms with E-state index in [0.717, 1.165) is 31.2 Å². The van der Waals surface area contributed by atoms with E-state index in [0.29, 0.717) is 49.3 Å². The Bertz CT molecular complexity index is 1040. The lowest BCUT2D eigenvalue weighted by molar-refractivity contribution is -0.132. The largest absolute Gasteiger partial charge is 0.441 e. The number of nitrogens with zero attached hydrogens (tertiary/aromatic N) is 4. The summed E-state index contributed by atoms with van der Waals surface area (Å²) in [6, 6.07) is 7.38. The first-order valence-corrected chi connectivity index (χ1v) is 13.3. The van der Waals surface area contributed by atoms with E-state index < -0.39 is 10.2 Å². The molecule has 1 aromatic heterocycles. The molecule has 10 heteroatoms. The predicted molar refractivity (Wildman–Crippen MR) is 127 cm³/mol. The van der Waals surface area contributed by atoms with Crippen LogP contribution in [0.25, 0.3) is 11.3 Å². The lowest BCUT2D eigenvalue weighted by atomic mass is 9.96. The van der Waals surface area contributed by atoms with Crippen LogP contribution in [-0.4, -0.2) is 72.1 Å². The van der Waals surface area contributed by atoms with Gasteiger partial charge in [-0.2, -0.15) is 17.0 Å². The topological polar surface area (TPSA) is 87.0 Å². The van der Waals surface area contributed by atoms with Gasteiger partial charge in [0, 0.05) is 62.7 Å². The van der Waals surface area contributed by atoms with E-state index in [9.17, 15) is 13.2 Å². The van der Waals surface area contributed by atoms with Gasteiger partial charge < -0.3 is 9.32 Å². The van der Waals surface area contributed by atoms with Gasteiger partial charge in [0.15, 0.2) is 11.7 Å². The minimum absolute atomic E-state index is 0.0149. The Morgan fingerprint density at radius 1 is 1.12 bits per heavy atom. The molecule has 33 heavy (non-hydrogen) atoms. The smallest absolute Gasteiger partial charge is 0.282 e. The van der Waals surface area contributed by atoms with Gasteiger partial charge in [-0.1, -0.05) is 30.9 Å². The van der Waals surface area contributed by atoms with E-state index in [2.05, 4.69) is 4.98 Å². The van der Waals surface area contributed by atoms with Gasteiger partial charge in [0.1, 0.15) is 0 Å². The molecule has 0 unspecified atom stereocenters. The summed E-state index contributed by atoms with van der Waals surface area (Å²) in [6.45, 7) is 1.45. The van der Waals surface area contributed by atoms with Crippen LogP contribution in [0.3, 0.4) is 0 Å². The molecule has 0 spiro atoms. The molecule has 180 valence electrons.